The summed E-state index contributed by atoms with van der Waals surface area (Å²) < 4.78 is 22.1. The minimum absolute atomic E-state index is 0.0556. The molecule has 0 radical (unpaired) electrons. The average molecular weight is 268 g/mol. The summed E-state index contributed by atoms with van der Waals surface area (Å²) in [6.45, 7) is 2.54. The second-order valence-corrected chi connectivity index (χ2v) is 3.64. The van der Waals surface area contributed by atoms with Crippen molar-refractivity contribution in [3.63, 3.8) is 0 Å². The lowest BCUT2D eigenvalue weighted by Crippen LogP contribution is -2.11. The van der Waals surface area contributed by atoms with Gasteiger partial charge in [-0.3, -0.25) is 0 Å². The van der Waals surface area contributed by atoms with Gasteiger partial charge in [-0.15, -0.1) is 0 Å². The van der Waals surface area contributed by atoms with Crippen molar-refractivity contribution in [2.45, 2.75) is 20.3 Å². The van der Waals surface area contributed by atoms with Crippen LogP contribution in [-0.4, -0.2) is 24.5 Å². The summed E-state index contributed by atoms with van der Waals surface area (Å²) in [5, 5.41) is 9.82. The number of carbonyl (C=O) groups is 1. The van der Waals surface area contributed by atoms with Crippen LogP contribution >= 0.6 is 0 Å². The minimum atomic E-state index is -1.04. The Morgan fingerprint density at radius 3 is 2.47 bits per heavy atom. The zero-order valence-corrected chi connectivity index (χ0v) is 11.0. The number of phenols is 1. The minimum Gasteiger partial charge on any atom is -0.507 e. The number of rotatable bonds is 6. The molecule has 0 spiro atoms. The third kappa shape index (κ3) is 3.71. The van der Waals surface area contributed by atoms with Crippen molar-refractivity contribution in [2.24, 2.45) is 0 Å². The first-order valence-corrected chi connectivity index (χ1v) is 6.03. The van der Waals surface area contributed by atoms with Crippen LogP contribution in [0.3, 0.4) is 0 Å². The van der Waals surface area contributed by atoms with Crippen LogP contribution in [0.4, 0.5) is 4.39 Å². The van der Waals surface area contributed by atoms with Crippen molar-refractivity contribution in [3.05, 3.63) is 35.6 Å². The van der Waals surface area contributed by atoms with Crippen molar-refractivity contribution in [1.29, 1.82) is 0 Å². The molecule has 0 unspecified atom stereocenters. The van der Waals surface area contributed by atoms with Crippen LogP contribution in [-0.2, 0) is 14.3 Å². The molecular weight excluding hydrogens is 251 g/mol. The molecule has 0 fully saturated rings. The first-order chi connectivity index (χ1) is 9.15. The normalized spacial score (nSPS) is 11.7. The lowest BCUT2D eigenvalue weighted by molar-refractivity contribution is -0.136. The van der Waals surface area contributed by atoms with Crippen LogP contribution in [0.2, 0.25) is 0 Å². The number of allylic oxidation sites excluding steroid dienone is 1. The van der Waals surface area contributed by atoms with E-state index in [0.717, 1.165) is 0 Å². The second kappa shape index (κ2) is 7.41. The summed E-state index contributed by atoms with van der Waals surface area (Å²) in [7, 11) is 0. The fourth-order valence-corrected chi connectivity index (χ4v) is 1.68. The van der Waals surface area contributed by atoms with E-state index in [4.69, 9.17) is 9.47 Å². The highest BCUT2D eigenvalue weighted by Gasteiger charge is 2.22. The van der Waals surface area contributed by atoms with Gasteiger partial charge < -0.3 is 14.6 Å². The van der Waals surface area contributed by atoms with Crippen LogP contribution in [0, 0.1) is 0 Å². The smallest absolute Gasteiger partial charge is 0.342 e. The van der Waals surface area contributed by atoms with Crippen LogP contribution in [0.1, 0.15) is 25.8 Å². The Hall–Kier alpha value is -2.04. The van der Waals surface area contributed by atoms with Crippen molar-refractivity contribution in [3.8, 4) is 5.75 Å². The van der Waals surface area contributed by atoms with E-state index >= 15 is 0 Å². The molecule has 0 saturated carbocycles. The van der Waals surface area contributed by atoms with Gasteiger partial charge in [-0.05, 0) is 13.0 Å². The van der Waals surface area contributed by atoms with E-state index in [1.807, 2.05) is 0 Å². The molecule has 0 atom stereocenters. The molecule has 1 rings (SSSR count). The molecule has 1 aromatic carbocycles. The Labute approximate surface area is 111 Å². The van der Waals surface area contributed by atoms with Gasteiger partial charge in [0.1, 0.15) is 17.1 Å². The van der Waals surface area contributed by atoms with Crippen LogP contribution in [0.25, 0.3) is 5.57 Å². The number of benzene rings is 1. The van der Waals surface area contributed by atoms with Crippen LogP contribution in [0.15, 0.2) is 30.0 Å². The van der Waals surface area contributed by atoms with E-state index in [2.05, 4.69) is 0 Å². The highest BCUT2D eigenvalue weighted by molar-refractivity contribution is 6.18. The molecule has 4 nitrogen and oxygen atoms in total. The van der Waals surface area contributed by atoms with Gasteiger partial charge in [0.2, 0.25) is 6.86 Å². The number of carbonyl (C=O) groups excluding carboxylic acids is 1. The second-order valence-electron chi connectivity index (χ2n) is 3.64. The summed E-state index contributed by atoms with van der Waals surface area (Å²) >= 11 is 0. The molecule has 0 heterocycles. The Morgan fingerprint density at radius 2 is 1.95 bits per heavy atom. The number of aromatic hydroxyl groups is 1. The molecule has 0 aliphatic carbocycles. The molecule has 0 amide bonds. The van der Waals surface area contributed by atoms with Crippen molar-refractivity contribution >= 4 is 11.5 Å². The number of alkyl halides is 1. The maximum Gasteiger partial charge on any atom is 0.342 e. The number of phenolic OH excluding ortho intramolecular Hbond substituents is 1. The first-order valence-electron chi connectivity index (χ1n) is 6.03. The summed E-state index contributed by atoms with van der Waals surface area (Å²) in [6, 6.07) is 6.29. The lowest BCUT2D eigenvalue weighted by atomic mass is 10.0. The predicted molar refractivity (Wildman–Crippen MR) is 69.0 cm³/mol. The summed E-state index contributed by atoms with van der Waals surface area (Å²) in [5.74, 6) is -0.573. The molecule has 0 bridgehead atoms. The standard InChI is InChI=1S/C14H17FO4/c1-3-12(19-9-15)13(14(17)18-4-2)10-7-5-6-8-11(10)16/h5-8,16H,3-4,9H2,1-2H3. The molecule has 0 aliphatic rings. The third-order valence-corrected chi connectivity index (χ3v) is 2.48. The van der Waals surface area contributed by atoms with E-state index in [1.54, 1.807) is 32.0 Å². The zero-order chi connectivity index (χ0) is 14.3. The van der Waals surface area contributed by atoms with Gasteiger partial charge in [0.15, 0.2) is 0 Å². The number of ether oxygens (including phenoxy) is 2. The molecular formula is C14H17FO4. The third-order valence-electron chi connectivity index (χ3n) is 2.48. The highest BCUT2D eigenvalue weighted by atomic mass is 19.1. The van der Waals surface area contributed by atoms with E-state index in [-0.39, 0.29) is 29.3 Å². The number of esters is 1. The Kier molecular flexibility index (Phi) is 5.85. The molecule has 19 heavy (non-hydrogen) atoms. The molecule has 0 aromatic heterocycles. The van der Waals surface area contributed by atoms with Gasteiger partial charge in [0, 0.05) is 12.0 Å². The van der Waals surface area contributed by atoms with Crippen LogP contribution in [0.5, 0.6) is 5.75 Å². The molecule has 104 valence electrons. The monoisotopic (exact) mass is 268 g/mol. The number of hydrogen-bond acceptors (Lipinski definition) is 4. The van der Waals surface area contributed by atoms with Crippen molar-refractivity contribution in [2.75, 3.05) is 13.5 Å². The van der Waals surface area contributed by atoms with Gasteiger partial charge in [0.05, 0.1) is 6.61 Å². The molecule has 0 aliphatic heterocycles. The van der Waals surface area contributed by atoms with Crippen molar-refractivity contribution < 1.29 is 23.8 Å². The molecule has 0 saturated heterocycles. The zero-order valence-electron chi connectivity index (χ0n) is 11.0. The SMILES string of the molecule is CCOC(=O)C(=C(CC)OCF)c1ccccc1O. The Bertz CT molecular complexity index is 468. The largest absolute Gasteiger partial charge is 0.507 e. The fraction of sp³-hybridized carbons (Fsp3) is 0.357. The Morgan fingerprint density at radius 1 is 1.26 bits per heavy atom. The topological polar surface area (TPSA) is 55.8 Å². The predicted octanol–water partition coefficient (Wildman–Crippen LogP) is 3.02. The number of hydrogen-bond donors (Lipinski definition) is 1. The number of halogens is 1. The quantitative estimate of drug-likeness (QED) is 0.489. The maximum absolute atomic E-state index is 12.4. The van der Waals surface area contributed by atoms with E-state index < -0.39 is 12.8 Å². The van der Waals surface area contributed by atoms with E-state index in [0.29, 0.717) is 6.42 Å². The van der Waals surface area contributed by atoms with Crippen molar-refractivity contribution in [1.82, 2.24) is 0 Å². The summed E-state index contributed by atoms with van der Waals surface area (Å²) in [4.78, 5) is 12.0. The first kappa shape index (κ1) is 15.0. The summed E-state index contributed by atoms with van der Waals surface area (Å²) in [6.07, 6.45) is 0.312. The number of para-hydroxylation sites is 1. The summed E-state index contributed by atoms with van der Waals surface area (Å²) in [5.41, 5.74) is 0.325. The van der Waals surface area contributed by atoms with E-state index in [1.165, 1.54) is 6.07 Å². The molecule has 1 aromatic rings. The van der Waals surface area contributed by atoms with Gasteiger partial charge in [0.25, 0.3) is 0 Å². The Balaban J connectivity index is 3.34. The maximum atomic E-state index is 12.4. The average Bonchev–Trinajstić information content (AvgIpc) is 2.40. The van der Waals surface area contributed by atoms with Gasteiger partial charge in [-0.25, -0.2) is 9.18 Å². The molecule has 1 N–H and O–H groups in total. The van der Waals surface area contributed by atoms with E-state index in [9.17, 15) is 14.3 Å². The fourth-order valence-electron chi connectivity index (χ4n) is 1.68. The molecule has 5 heteroatoms. The van der Waals surface area contributed by atoms with Gasteiger partial charge >= 0.3 is 5.97 Å². The van der Waals surface area contributed by atoms with Crippen LogP contribution < -0.4 is 0 Å². The van der Waals surface area contributed by atoms with Gasteiger partial charge in [-0.2, -0.15) is 0 Å². The highest BCUT2D eigenvalue weighted by Crippen LogP contribution is 2.30. The van der Waals surface area contributed by atoms with Gasteiger partial charge in [-0.1, -0.05) is 25.1 Å². The lowest BCUT2D eigenvalue weighted by Gasteiger charge is -2.14.